The van der Waals surface area contributed by atoms with E-state index in [0.29, 0.717) is 27.9 Å². The fourth-order valence-corrected chi connectivity index (χ4v) is 3.86. The number of halogens is 2. The molecule has 3 nitrogen and oxygen atoms in total. The molecule has 0 aliphatic carbocycles. The van der Waals surface area contributed by atoms with Crippen LogP contribution in [-0.2, 0) is 6.61 Å². The fourth-order valence-electron chi connectivity index (χ4n) is 3.36. The van der Waals surface area contributed by atoms with Gasteiger partial charge in [0.1, 0.15) is 18.2 Å². The Bertz CT molecular complexity index is 1310. The lowest BCUT2D eigenvalue weighted by atomic mass is 9.97. The largest absolute Gasteiger partial charge is 0.472 e. The zero-order chi connectivity index (χ0) is 22.7. The summed E-state index contributed by atoms with van der Waals surface area (Å²) in [5.74, 6) is 0.268. The average molecular weight is 459 g/mol. The predicted molar refractivity (Wildman–Crippen MR) is 130 cm³/mol. The van der Waals surface area contributed by atoms with Crippen LogP contribution in [0, 0.1) is 25.2 Å². The summed E-state index contributed by atoms with van der Waals surface area (Å²) in [6.07, 6.45) is 0. The summed E-state index contributed by atoms with van der Waals surface area (Å²) in [5.41, 5.74) is 6.76. The van der Waals surface area contributed by atoms with Gasteiger partial charge in [-0.1, -0.05) is 82.9 Å². The minimum Gasteiger partial charge on any atom is -0.472 e. The first-order valence-electron chi connectivity index (χ1n) is 10.1. The molecule has 1 heterocycles. The molecule has 0 bridgehead atoms. The van der Waals surface area contributed by atoms with Gasteiger partial charge in [-0.15, -0.1) is 0 Å². The first-order valence-corrected chi connectivity index (χ1v) is 10.9. The number of hydrogen-bond acceptors (Lipinski definition) is 3. The molecule has 32 heavy (non-hydrogen) atoms. The van der Waals surface area contributed by atoms with Gasteiger partial charge in [0, 0.05) is 16.1 Å². The summed E-state index contributed by atoms with van der Waals surface area (Å²) >= 11 is 12.6. The maximum absolute atomic E-state index is 9.81. The Morgan fingerprint density at radius 2 is 1.50 bits per heavy atom. The van der Waals surface area contributed by atoms with Gasteiger partial charge in [0.05, 0.1) is 10.7 Å². The fraction of sp³-hybridized carbons (Fsp3) is 0.111. The topological polar surface area (TPSA) is 45.9 Å². The summed E-state index contributed by atoms with van der Waals surface area (Å²) < 4.78 is 5.99. The molecule has 0 amide bonds. The van der Waals surface area contributed by atoms with Gasteiger partial charge in [-0.05, 0) is 49.2 Å². The molecule has 4 aromatic rings. The van der Waals surface area contributed by atoms with E-state index in [2.05, 4.69) is 6.07 Å². The van der Waals surface area contributed by atoms with Crippen LogP contribution in [0.1, 0.15) is 22.3 Å². The molecule has 0 atom stereocenters. The van der Waals surface area contributed by atoms with Crippen LogP contribution in [0.3, 0.4) is 0 Å². The van der Waals surface area contributed by atoms with Gasteiger partial charge in [0.2, 0.25) is 5.88 Å². The van der Waals surface area contributed by atoms with Crippen molar-refractivity contribution in [2.45, 2.75) is 20.5 Å². The van der Waals surface area contributed by atoms with E-state index >= 15 is 0 Å². The van der Waals surface area contributed by atoms with Gasteiger partial charge in [-0.25, -0.2) is 4.98 Å². The number of benzene rings is 3. The number of nitrogens with zero attached hydrogens (tertiary/aromatic N) is 2. The molecule has 0 saturated heterocycles. The van der Waals surface area contributed by atoms with Gasteiger partial charge in [-0.3, -0.25) is 0 Å². The zero-order valence-electron chi connectivity index (χ0n) is 17.7. The molecule has 0 N–H and O–H groups in total. The van der Waals surface area contributed by atoms with Gasteiger partial charge < -0.3 is 4.74 Å². The van der Waals surface area contributed by atoms with E-state index in [-0.39, 0.29) is 5.88 Å². The Hall–Kier alpha value is -3.32. The third kappa shape index (κ3) is 4.78. The molecule has 158 valence electrons. The van der Waals surface area contributed by atoms with Crippen molar-refractivity contribution in [1.29, 1.82) is 5.26 Å². The quantitative estimate of drug-likeness (QED) is 0.306. The van der Waals surface area contributed by atoms with Crippen LogP contribution in [0.4, 0.5) is 0 Å². The lowest BCUT2D eigenvalue weighted by molar-refractivity contribution is 0.293. The Labute approximate surface area is 197 Å². The van der Waals surface area contributed by atoms with Gasteiger partial charge in [0.15, 0.2) is 0 Å². The number of pyridine rings is 1. The van der Waals surface area contributed by atoms with Crippen molar-refractivity contribution < 1.29 is 4.74 Å². The zero-order valence-corrected chi connectivity index (χ0v) is 19.2. The Morgan fingerprint density at radius 1 is 0.844 bits per heavy atom. The van der Waals surface area contributed by atoms with E-state index in [0.717, 1.165) is 27.8 Å². The summed E-state index contributed by atoms with van der Waals surface area (Å²) in [7, 11) is 0. The molecule has 1 aromatic heterocycles. The predicted octanol–water partition coefficient (Wildman–Crippen LogP) is 7.79. The monoisotopic (exact) mass is 458 g/mol. The second-order valence-corrected chi connectivity index (χ2v) is 8.46. The molecule has 4 rings (SSSR count). The highest BCUT2D eigenvalue weighted by Gasteiger charge is 2.18. The maximum Gasteiger partial charge on any atom is 0.232 e. The second-order valence-electron chi connectivity index (χ2n) is 7.61. The van der Waals surface area contributed by atoms with Crippen molar-refractivity contribution in [2.75, 3.05) is 0 Å². The van der Waals surface area contributed by atoms with Crippen molar-refractivity contribution in [2.24, 2.45) is 0 Å². The molecule has 0 spiro atoms. The number of nitriles is 1. The maximum atomic E-state index is 9.81. The first kappa shape index (κ1) is 21.9. The Balaban J connectivity index is 1.83. The highest BCUT2D eigenvalue weighted by atomic mass is 35.5. The average Bonchev–Trinajstić information content (AvgIpc) is 2.79. The molecule has 0 aliphatic heterocycles. The standard InChI is InChI=1S/C27H20Cl2N2O/c1-17-3-7-19(8-4-17)16-32-27-21(15-30)13-24(20-9-5-18(2)6-10-20)26(31-27)23-12-11-22(28)14-25(23)29/h3-14H,16H2,1-2H3. The van der Waals surface area contributed by atoms with Crippen molar-refractivity contribution in [3.63, 3.8) is 0 Å². The molecule has 5 heteroatoms. The SMILES string of the molecule is Cc1ccc(COc2nc(-c3ccc(Cl)cc3Cl)c(-c3ccc(C)cc3)cc2C#N)cc1. The molecule has 0 radical (unpaired) electrons. The van der Waals surface area contributed by atoms with Crippen LogP contribution < -0.4 is 4.74 Å². The molecule has 3 aromatic carbocycles. The number of rotatable bonds is 5. The van der Waals surface area contributed by atoms with Crippen LogP contribution in [0.25, 0.3) is 22.4 Å². The van der Waals surface area contributed by atoms with Crippen molar-refractivity contribution in [3.8, 4) is 34.3 Å². The van der Waals surface area contributed by atoms with Gasteiger partial charge >= 0.3 is 0 Å². The van der Waals surface area contributed by atoms with E-state index in [1.54, 1.807) is 12.1 Å². The van der Waals surface area contributed by atoms with E-state index in [9.17, 15) is 5.26 Å². The van der Waals surface area contributed by atoms with Crippen molar-refractivity contribution in [1.82, 2.24) is 4.98 Å². The van der Waals surface area contributed by atoms with Crippen LogP contribution in [0.5, 0.6) is 5.88 Å². The van der Waals surface area contributed by atoms with Crippen LogP contribution in [0.15, 0.2) is 72.8 Å². The molecule has 0 unspecified atom stereocenters. The minimum atomic E-state index is 0.268. The van der Waals surface area contributed by atoms with Crippen LogP contribution >= 0.6 is 23.2 Å². The molecule has 0 saturated carbocycles. The van der Waals surface area contributed by atoms with E-state index in [4.69, 9.17) is 32.9 Å². The third-order valence-corrected chi connectivity index (χ3v) is 5.70. The summed E-state index contributed by atoms with van der Waals surface area (Å²) in [6.45, 7) is 4.37. The van der Waals surface area contributed by atoms with Crippen molar-refractivity contribution >= 4 is 23.2 Å². The number of aromatic nitrogens is 1. The first-order chi connectivity index (χ1) is 15.4. The Kier molecular flexibility index (Phi) is 6.46. The van der Waals surface area contributed by atoms with E-state index < -0.39 is 0 Å². The van der Waals surface area contributed by atoms with Gasteiger partial charge in [-0.2, -0.15) is 5.26 Å². The third-order valence-electron chi connectivity index (χ3n) is 5.15. The lowest BCUT2D eigenvalue weighted by Gasteiger charge is -2.15. The highest BCUT2D eigenvalue weighted by molar-refractivity contribution is 6.36. The number of ether oxygens (including phenoxy) is 1. The molecular formula is C27H20Cl2N2O. The van der Waals surface area contributed by atoms with Crippen LogP contribution in [0.2, 0.25) is 10.0 Å². The van der Waals surface area contributed by atoms with Crippen molar-refractivity contribution in [3.05, 3.63) is 105 Å². The Morgan fingerprint density at radius 3 is 2.12 bits per heavy atom. The minimum absolute atomic E-state index is 0.268. The highest BCUT2D eigenvalue weighted by Crippen LogP contribution is 2.38. The normalized spacial score (nSPS) is 10.6. The molecule has 0 aliphatic rings. The second kappa shape index (κ2) is 9.44. The van der Waals surface area contributed by atoms with Crippen LogP contribution in [-0.4, -0.2) is 4.98 Å². The lowest BCUT2D eigenvalue weighted by Crippen LogP contribution is -2.02. The summed E-state index contributed by atoms with van der Waals surface area (Å²) in [4.78, 5) is 4.76. The molecule has 0 fully saturated rings. The van der Waals surface area contributed by atoms with E-state index in [1.165, 1.54) is 5.56 Å². The van der Waals surface area contributed by atoms with E-state index in [1.807, 2.05) is 74.5 Å². The number of aryl methyl sites for hydroxylation is 2. The molecular weight excluding hydrogens is 439 g/mol. The smallest absolute Gasteiger partial charge is 0.232 e. The summed E-state index contributed by atoms with van der Waals surface area (Å²) in [6, 6.07) is 25.4. The van der Waals surface area contributed by atoms with Gasteiger partial charge in [0.25, 0.3) is 0 Å². The number of hydrogen-bond donors (Lipinski definition) is 0. The summed E-state index contributed by atoms with van der Waals surface area (Å²) in [5, 5.41) is 10.8.